The van der Waals surface area contributed by atoms with Crippen LogP contribution in [-0.4, -0.2) is 66.3 Å². The van der Waals surface area contributed by atoms with Gasteiger partial charge in [0.15, 0.2) is 11.6 Å². The van der Waals surface area contributed by atoms with E-state index in [1.54, 1.807) is 6.07 Å². The second kappa shape index (κ2) is 10.6. The second-order valence-corrected chi connectivity index (χ2v) is 11.2. The number of likely N-dealkylation sites (tertiary alicyclic amines) is 1. The number of likely N-dealkylation sites (N-methyl/N-ethyl adjacent to an activating group) is 1. The number of halogens is 4. The number of rotatable bonds is 9. The van der Waals surface area contributed by atoms with Gasteiger partial charge in [-0.2, -0.15) is 9.97 Å². The summed E-state index contributed by atoms with van der Waals surface area (Å²) in [6.07, 6.45) is 1.48. The maximum Gasteiger partial charge on any atom is 0.319 e. The first-order valence-corrected chi connectivity index (χ1v) is 13.7. The molecule has 6 rings (SSSR count). The molecule has 210 valence electrons. The van der Waals surface area contributed by atoms with Crippen molar-refractivity contribution in [1.29, 1.82) is 0 Å². The molecule has 11 heteroatoms. The van der Waals surface area contributed by atoms with Gasteiger partial charge >= 0.3 is 6.01 Å². The Bertz CT molecular complexity index is 1520. The number of nitrogens with one attached hydrogen (secondary N) is 2. The Morgan fingerprint density at radius 1 is 1.27 bits per heavy atom. The highest BCUT2D eigenvalue weighted by molar-refractivity contribution is 6.34. The van der Waals surface area contributed by atoms with Crippen LogP contribution in [0.3, 0.4) is 0 Å². The fourth-order valence-electron chi connectivity index (χ4n) is 6.01. The molecule has 0 spiro atoms. The lowest BCUT2D eigenvalue weighted by Crippen LogP contribution is -2.31. The van der Waals surface area contributed by atoms with Gasteiger partial charge < -0.3 is 15.4 Å². The molecule has 1 aromatic heterocycles. The van der Waals surface area contributed by atoms with Crippen molar-refractivity contribution in [2.24, 2.45) is 5.92 Å². The van der Waals surface area contributed by atoms with Gasteiger partial charge in [-0.25, -0.2) is 13.2 Å². The number of carbonyl (C=O) groups excluding carboxylic acids is 1. The molecule has 2 N–H and O–H groups in total. The van der Waals surface area contributed by atoms with Gasteiger partial charge in [-0.1, -0.05) is 36.4 Å². The van der Waals surface area contributed by atoms with Crippen molar-refractivity contribution in [2.75, 3.05) is 38.6 Å². The minimum atomic E-state index is -1.10. The third-order valence-electron chi connectivity index (χ3n) is 8.10. The average molecular weight is 572 g/mol. The number of nitrogens with zero attached hydrogens (tertiary/aromatic N) is 3. The second-order valence-electron chi connectivity index (χ2n) is 10.8. The van der Waals surface area contributed by atoms with Gasteiger partial charge in [0, 0.05) is 36.6 Å². The van der Waals surface area contributed by atoms with Crippen molar-refractivity contribution in [3.63, 3.8) is 0 Å². The van der Waals surface area contributed by atoms with Crippen molar-refractivity contribution >= 4 is 34.2 Å². The summed E-state index contributed by atoms with van der Waals surface area (Å²) in [6, 6.07) is 7.31. The van der Waals surface area contributed by atoms with E-state index in [-0.39, 0.29) is 48.1 Å². The van der Waals surface area contributed by atoms with Crippen molar-refractivity contribution < 1.29 is 22.7 Å². The summed E-state index contributed by atoms with van der Waals surface area (Å²) in [5.74, 6) is -1.32. The van der Waals surface area contributed by atoms with Gasteiger partial charge in [-0.3, -0.25) is 9.69 Å². The van der Waals surface area contributed by atoms with Crippen LogP contribution in [0.1, 0.15) is 29.9 Å². The number of carbonyl (C=O) groups is 1. The summed E-state index contributed by atoms with van der Waals surface area (Å²) < 4.78 is 49.1. The van der Waals surface area contributed by atoms with E-state index in [1.165, 1.54) is 5.56 Å². The van der Waals surface area contributed by atoms with Crippen LogP contribution < -0.4 is 15.4 Å². The highest BCUT2D eigenvalue weighted by Crippen LogP contribution is 2.59. The summed E-state index contributed by atoms with van der Waals surface area (Å²) in [7, 11) is 1.82. The molecule has 40 heavy (non-hydrogen) atoms. The van der Waals surface area contributed by atoms with E-state index in [2.05, 4.69) is 33.2 Å². The van der Waals surface area contributed by atoms with Crippen LogP contribution in [0.25, 0.3) is 22.0 Å². The molecule has 1 aliphatic heterocycles. The first-order valence-electron chi connectivity index (χ1n) is 13.4. The molecule has 4 atom stereocenters. The lowest BCUT2D eigenvalue weighted by molar-refractivity contribution is -0.118. The lowest BCUT2D eigenvalue weighted by Gasteiger charge is -2.19. The van der Waals surface area contributed by atoms with Gasteiger partial charge in [-0.15, -0.1) is 0 Å². The number of hydrogen-bond donors (Lipinski definition) is 2. The highest BCUT2D eigenvalue weighted by atomic mass is 35.5. The number of ether oxygens (including phenoxy) is 1. The highest BCUT2D eigenvalue weighted by Gasteiger charge is 2.46. The van der Waals surface area contributed by atoms with Crippen LogP contribution >= 0.6 is 11.6 Å². The lowest BCUT2D eigenvalue weighted by atomic mass is 9.93. The Morgan fingerprint density at radius 2 is 2.10 bits per heavy atom. The Balaban J connectivity index is 1.36. The number of aromatic nitrogens is 2. The topological polar surface area (TPSA) is 79.4 Å². The van der Waals surface area contributed by atoms with E-state index >= 15 is 4.39 Å². The van der Waals surface area contributed by atoms with E-state index in [9.17, 15) is 13.6 Å². The normalized spacial score (nSPS) is 23.1. The molecule has 0 radical (unpaired) electrons. The molecule has 3 aromatic rings. The van der Waals surface area contributed by atoms with E-state index in [0.717, 1.165) is 24.0 Å². The van der Waals surface area contributed by atoms with E-state index in [0.29, 0.717) is 35.8 Å². The number of alkyl halides is 1. The Kier molecular flexibility index (Phi) is 7.08. The SMILES string of the molecule is C=C(F)C(=O)NCCNc1nc(OC[C@@H]2C[C@@H](F)CN2C)nc2c(F)c(-c3cccc4c3C3CC3C4)c(Cl)cc12. The molecule has 1 amide bonds. The zero-order chi connectivity index (χ0) is 28.1. The molecule has 0 bridgehead atoms. The van der Waals surface area contributed by atoms with Crippen LogP contribution in [0.5, 0.6) is 6.01 Å². The van der Waals surface area contributed by atoms with Crippen molar-refractivity contribution in [2.45, 2.75) is 37.4 Å². The van der Waals surface area contributed by atoms with E-state index in [4.69, 9.17) is 16.3 Å². The molecule has 2 heterocycles. The molecule has 2 aromatic carbocycles. The van der Waals surface area contributed by atoms with Crippen LogP contribution in [0.4, 0.5) is 19.0 Å². The third kappa shape index (κ3) is 4.99. The summed E-state index contributed by atoms with van der Waals surface area (Å²) >= 11 is 6.73. The fourth-order valence-corrected chi connectivity index (χ4v) is 6.30. The maximum absolute atomic E-state index is 16.4. The van der Waals surface area contributed by atoms with Crippen molar-refractivity contribution in [3.8, 4) is 17.1 Å². The van der Waals surface area contributed by atoms with Crippen LogP contribution in [-0.2, 0) is 11.2 Å². The molecule has 2 aliphatic carbocycles. The first kappa shape index (κ1) is 26.8. The summed E-state index contributed by atoms with van der Waals surface area (Å²) in [5.41, 5.74) is 3.48. The first-order chi connectivity index (χ1) is 19.2. The molecular weight excluding hydrogens is 543 g/mol. The molecule has 2 fully saturated rings. The predicted molar refractivity (Wildman–Crippen MR) is 148 cm³/mol. The van der Waals surface area contributed by atoms with Crippen molar-refractivity contribution in [1.82, 2.24) is 20.2 Å². The molecule has 2 unspecified atom stereocenters. The van der Waals surface area contributed by atoms with E-state index in [1.807, 2.05) is 24.1 Å². The zero-order valence-electron chi connectivity index (χ0n) is 21.9. The van der Waals surface area contributed by atoms with Gasteiger partial charge in [0.05, 0.1) is 5.02 Å². The largest absolute Gasteiger partial charge is 0.462 e. The van der Waals surface area contributed by atoms with Gasteiger partial charge in [-0.05, 0) is 60.9 Å². The Morgan fingerprint density at radius 3 is 2.85 bits per heavy atom. The van der Waals surface area contributed by atoms with Crippen LogP contribution in [0.2, 0.25) is 5.02 Å². The average Bonchev–Trinajstić information content (AvgIpc) is 3.45. The minimum absolute atomic E-state index is 0.0270. The molecular formula is C29H29ClF3N5O2. The number of benzene rings is 2. The van der Waals surface area contributed by atoms with Crippen molar-refractivity contribution in [3.05, 3.63) is 58.6 Å². The number of fused-ring (bicyclic) bond motifs is 4. The standard InChI is InChI=1S/C29H29ClF3N5O2/c1-14(31)28(39)35-7-6-34-27-21-11-22(30)24(19-5-3-4-15-8-16-9-20(16)23(15)19)25(33)26(21)36-29(37-27)40-13-18-10-17(32)12-38(18)2/h3-5,11,16-18,20H,1,6-10,12-13H2,2H3,(H,35,39)(H,34,36,37)/t16?,17-,18+,20?/m1/s1. The van der Waals surface area contributed by atoms with Gasteiger partial charge in [0.2, 0.25) is 0 Å². The quantitative estimate of drug-likeness (QED) is 0.272. The van der Waals surface area contributed by atoms with Crippen LogP contribution in [0, 0.1) is 11.7 Å². The summed E-state index contributed by atoms with van der Waals surface area (Å²) in [6.45, 7) is 3.62. The predicted octanol–water partition coefficient (Wildman–Crippen LogP) is 5.18. The Labute approximate surface area is 234 Å². The smallest absolute Gasteiger partial charge is 0.319 e. The van der Waals surface area contributed by atoms with Gasteiger partial charge in [0.25, 0.3) is 5.91 Å². The maximum atomic E-state index is 16.4. The zero-order valence-corrected chi connectivity index (χ0v) is 22.7. The van der Waals surface area contributed by atoms with Crippen LogP contribution in [0.15, 0.2) is 36.7 Å². The third-order valence-corrected chi connectivity index (χ3v) is 8.39. The molecule has 1 saturated carbocycles. The molecule has 3 aliphatic rings. The summed E-state index contributed by atoms with van der Waals surface area (Å²) in [4.78, 5) is 22.2. The number of anilines is 1. The summed E-state index contributed by atoms with van der Waals surface area (Å²) in [5, 5.41) is 5.98. The molecule has 7 nitrogen and oxygen atoms in total. The molecule has 1 saturated heterocycles. The Hall–Kier alpha value is -3.37. The minimum Gasteiger partial charge on any atom is -0.462 e. The monoisotopic (exact) mass is 571 g/mol. The number of hydrogen-bond acceptors (Lipinski definition) is 6. The van der Waals surface area contributed by atoms with E-state index < -0.39 is 23.7 Å². The van der Waals surface area contributed by atoms with Gasteiger partial charge in [0.1, 0.15) is 24.1 Å². The number of amides is 1. The fraction of sp³-hybridized carbons (Fsp3) is 0.414.